The van der Waals surface area contributed by atoms with Crippen LogP contribution in [-0.4, -0.2) is 23.1 Å². The number of anilines is 1. The lowest BCUT2D eigenvalue weighted by Crippen LogP contribution is -2.24. The summed E-state index contributed by atoms with van der Waals surface area (Å²) in [7, 11) is 0. The molecular formula is C13H22N2O. The zero-order valence-corrected chi connectivity index (χ0v) is 10.2. The molecule has 3 N–H and O–H groups in total. The molecule has 0 aromatic heterocycles. The number of phenols is 1. The number of nitrogens with zero attached hydrogens (tertiary/aromatic N) is 1. The van der Waals surface area contributed by atoms with Crippen molar-refractivity contribution >= 4 is 5.69 Å². The van der Waals surface area contributed by atoms with Crippen LogP contribution in [0.2, 0.25) is 0 Å². The van der Waals surface area contributed by atoms with E-state index in [-0.39, 0.29) is 0 Å². The zero-order chi connectivity index (χ0) is 12.0. The summed E-state index contributed by atoms with van der Waals surface area (Å²) in [5, 5.41) is 9.74. The lowest BCUT2D eigenvalue weighted by Gasteiger charge is -2.21. The Morgan fingerprint density at radius 2 is 1.81 bits per heavy atom. The second kappa shape index (κ2) is 6.38. The van der Waals surface area contributed by atoms with Crippen LogP contribution in [0.15, 0.2) is 18.2 Å². The van der Waals surface area contributed by atoms with E-state index >= 15 is 0 Å². The largest absolute Gasteiger partial charge is 0.508 e. The Balaban J connectivity index is 2.71. The van der Waals surface area contributed by atoms with Crippen LogP contribution in [0.3, 0.4) is 0 Å². The Bertz CT molecular complexity index is 320. The molecule has 0 unspecified atom stereocenters. The Kier molecular flexibility index (Phi) is 5.12. The van der Waals surface area contributed by atoms with Crippen molar-refractivity contribution in [2.45, 2.75) is 33.2 Å². The first-order chi connectivity index (χ1) is 7.67. The molecule has 0 radical (unpaired) electrons. The van der Waals surface area contributed by atoms with Crippen molar-refractivity contribution in [3.05, 3.63) is 23.8 Å². The third-order valence-electron chi connectivity index (χ3n) is 2.58. The molecule has 0 saturated heterocycles. The maximum absolute atomic E-state index is 9.74. The summed E-state index contributed by atoms with van der Waals surface area (Å²) < 4.78 is 0. The molecule has 16 heavy (non-hydrogen) atoms. The van der Waals surface area contributed by atoms with E-state index in [1.54, 1.807) is 12.1 Å². The standard InChI is InChI=1S/C13H22N2O/c1-3-7-15(8-4-2)10-11-9-12(14)5-6-13(11)16/h5-6,9,16H,3-4,7-8,10,14H2,1-2H3. The zero-order valence-electron chi connectivity index (χ0n) is 10.2. The molecule has 1 rings (SSSR count). The fourth-order valence-corrected chi connectivity index (χ4v) is 1.88. The summed E-state index contributed by atoms with van der Waals surface area (Å²) in [4.78, 5) is 2.34. The van der Waals surface area contributed by atoms with E-state index in [9.17, 15) is 5.11 Å². The monoisotopic (exact) mass is 222 g/mol. The van der Waals surface area contributed by atoms with Gasteiger partial charge in [-0.2, -0.15) is 0 Å². The van der Waals surface area contributed by atoms with Crippen molar-refractivity contribution in [3.8, 4) is 5.75 Å². The predicted octanol–water partition coefficient (Wildman–Crippen LogP) is 2.60. The molecule has 1 aromatic rings. The second-order valence-electron chi connectivity index (χ2n) is 4.16. The van der Waals surface area contributed by atoms with Crippen molar-refractivity contribution in [1.82, 2.24) is 4.90 Å². The molecule has 0 heterocycles. The fourth-order valence-electron chi connectivity index (χ4n) is 1.88. The van der Waals surface area contributed by atoms with Crippen molar-refractivity contribution in [2.75, 3.05) is 18.8 Å². The molecule has 0 aliphatic heterocycles. The van der Waals surface area contributed by atoms with Crippen LogP contribution < -0.4 is 5.73 Å². The fraction of sp³-hybridized carbons (Fsp3) is 0.538. The van der Waals surface area contributed by atoms with Gasteiger partial charge in [0.05, 0.1) is 0 Å². The molecule has 0 fully saturated rings. The average molecular weight is 222 g/mol. The number of nitrogen functional groups attached to an aromatic ring is 1. The van der Waals surface area contributed by atoms with Crippen LogP contribution in [0.4, 0.5) is 5.69 Å². The first-order valence-electron chi connectivity index (χ1n) is 5.97. The highest BCUT2D eigenvalue weighted by Gasteiger charge is 2.07. The van der Waals surface area contributed by atoms with Gasteiger partial charge in [-0.1, -0.05) is 13.8 Å². The lowest BCUT2D eigenvalue weighted by molar-refractivity contribution is 0.263. The normalized spacial score (nSPS) is 10.9. The summed E-state index contributed by atoms with van der Waals surface area (Å²) in [6.07, 6.45) is 2.26. The lowest BCUT2D eigenvalue weighted by atomic mass is 10.1. The van der Waals surface area contributed by atoms with Gasteiger partial charge in [-0.25, -0.2) is 0 Å². The quantitative estimate of drug-likeness (QED) is 0.574. The minimum absolute atomic E-state index is 0.339. The predicted molar refractivity (Wildman–Crippen MR) is 68.4 cm³/mol. The average Bonchev–Trinajstić information content (AvgIpc) is 2.24. The van der Waals surface area contributed by atoms with E-state index in [2.05, 4.69) is 18.7 Å². The van der Waals surface area contributed by atoms with Gasteiger partial charge in [-0.3, -0.25) is 4.90 Å². The molecule has 3 nitrogen and oxygen atoms in total. The molecule has 3 heteroatoms. The third-order valence-corrected chi connectivity index (χ3v) is 2.58. The molecule has 0 aliphatic carbocycles. The number of phenolic OH excluding ortho intramolecular Hbond substituents is 1. The summed E-state index contributed by atoms with van der Waals surface area (Å²) >= 11 is 0. The number of hydrogen-bond acceptors (Lipinski definition) is 3. The number of hydrogen-bond donors (Lipinski definition) is 2. The van der Waals surface area contributed by atoms with E-state index in [1.807, 2.05) is 6.07 Å². The molecule has 0 aliphatic rings. The topological polar surface area (TPSA) is 49.5 Å². The molecule has 0 atom stereocenters. The van der Waals surface area contributed by atoms with Gasteiger partial charge in [0.1, 0.15) is 5.75 Å². The van der Waals surface area contributed by atoms with Crippen LogP contribution in [0, 0.1) is 0 Å². The smallest absolute Gasteiger partial charge is 0.120 e. The van der Waals surface area contributed by atoms with E-state index in [0.29, 0.717) is 11.4 Å². The Morgan fingerprint density at radius 1 is 1.19 bits per heavy atom. The Labute approximate surface area is 97.9 Å². The minimum Gasteiger partial charge on any atom is -0.508 e. The van der Waals surface area contributed by atoms with Crippen molar-refractivity contribution < 1.29 is 5.11 Å². The molecule has 0 bridgehead atoms. The van der Waals surface area contributed by atoms with Crippen molar-refractivity contribution in [3.63, 3.8) is 0 Å². The van der Waals surface area contributed by atoms with Crippen LogP contribution >= 0.6 is 0 Å². The van der Waals surface area contributed by atoms with Gasteiger partial charge in [0.25, 0.3) is 0 Å². The van der Waals surface area contributed by atoms with Gasteiger partial charge in [0.15, 0.2) is 0 Å². The van der Waals surface area contributed by atoms with Gasteiger partial charge >= 0.3 is 0 Å². The summed E-state index contributed by atoms with van der Waals surface area (Å²) in [5.74, 6) is 0.339. The molecule has 0 saturated carbocycles. The Morgan fingerprint density at radius 3 is 2.38 bits per heavy atom. The van der Waals surface area contributed by atoms with Crippen LogP contribution in [-0.2, 0) is 6.54 Å². The van der Waals surface area contributed by atoms with Gasteiger partial charge < -0.3 is 10.8 Å². The molecule has 1 aromatic carbocycles. The first kappa shape index (κ1) is 12.8. The molecule has 0 amide bonds. The van der Waals surface area contributed by atoms with Gasteiger partial charge in [-0.05, 0) is 44.1 Å². The van der Waals surface area contributed by atoms with Crippen molar-refractivity contribution in [1.29, 1.82) is 0 Å². The SMILES string of the molecule is CCCN(CCC)Cc1cc(N)ccc1O. The summed E-state index contributed by atoms with van der Waals surface area (Å²) in [6, 6.07) is 5.25. The molecule has 0 spiro atoms. The van der Waals surface area contributed by atoms with Gasteiger partial charge in [0, 0.05) is 17.8 Å². The van der Waals surface area contributed by atoms with Gasteiger partial charge in [0.2, 0.25) is 0 Å². The van der Waals surface area contributed by atoms with E-state index in [4.69, 9.17) is 5.73 Å². The highest BCUT2D eigenvalue weighted by molar-refractivity contribution is 5.47. The highest BCUT2D eigenvalue weighted by Crippen LogP contribution is 2.21. The third kappa shape index (κ3) is 3.74. The first-order valence-corrected chi connectivity index (χ1v) is 5.97. The van der Waals surface area contributed by atoms with Gasteiger partial charge in [-0.15, -0.1) is 0 Å². The number of benzene rings is 1. The minimum atomic E-state index is 0.339. The van der Waals surface area contributed by atoms with Crippen LogP contribution in [0.5, 0.6) is 5.75 Å². The highest BCUT2D eigenvalue weighted by atomic mass is 16.3. The molecule has 90 valence electrons. The van der Waals surface area contributed by atoms with E-state index in [1.165, 1.54) is 0 Å². The van der Waals surface area contributed by atoms with Crippen LogP contribution in [0.25, 0.3) is 0 Å². The number of aromatic hydroxyl groups is 1. The Hall–Kier alpha value is -1.22. The maximum Gasteiger partial charge on any atom is 0.120 e. The second-order valence-corrected chi connectivity index (χ2v) is 4.16. The van der Waals surface area contributed by atoms with Crippen LogP contribution in [0.1, 0.15) is 32.3 Å². The van der Waals surface area contributed by atoms with Crippen molar-refractivity contribution in [2.24, 2.45) is 0 Å². The maximum atomic E-state index is 9.74. The van der Waals surface area contributed by atoms with E-state index in [0.717, 1.165) is 38.0 Å². The summed E-state index contributed by atoms with van der Waals surface area (Å²) in [5.41, 5.74) is 7.35. The number of nitrogens with two attached hydrogens (primary N) is 1. The van der Waals surface area contributed by atoms with E-state index < -0.39 is 0 Å². The summed E-state index contributed by atoms with van der Waals surface area (Å²) in [6.45, 7) is 7.23. The number of rotatable bonds is 6. The molecular weight excluding hydrogens is 200 g/mol.